The smallest absolute Gasteiger partial charge is 0.233 e. The van der Waals surface area contributed by atoms with Gasteiger partial charge in [0.25, 0.3) is 0 Å². The number of nitrogens with two attached hydrogens (primary N) is 1. The van der Waals surface area contributed by atoms with Gasteiger partial charge in [0.05, 0.1) is 5.75 Å². The Hall–Kier alpha value is -0.710. The van der Waals surface area contributed by atoms with Crippen LogP contribution in [0.5, 0.6) is 0 Å². The number of rotatable bonds is 4. The molecule has 0 saturated carbocycles. The number of nitrogens with zero attached hydrogens (tertiary/aromatic N) is 1. The minimum absolute atomic E-state index is 0. The summed E-state index contributed by atoms with van der Waals surface area (Å²) in [7, 11) is 0. The van der Waals surface area contributed by atoms with Gasteiger partial charge in [0.1, 0.15) is 0 Å². The van der Waals surface area contributed by atoms with Gasteiger partial charge < -0.3 is 10.6 Å². The quantitative estimate of drug-likeness (QED) is 0.857. The number of carbonyl (C=O) groups excluding carboxylic acids is 1. The second-order valence-electron chi connectivity index (χ2n) is 6.31. The van der Waals surface area contributed by atoms with E-state index >= 15 is 0 Å². The third-order valence-corrected chi connectivity index (χ3v) is 5.73. The van der Waals surface area contributed by atoms with Gasteiger partial charge in [0.2, 0.25) is 5.91 Å². The Bertz CT molecular complexity index is 537. The molecule has 1 aliphatic heterocycles. The van der Waals surface area contributed by atoms with Crippen LogP contribution in [0.15, 0.2) is 23.1 Å². The number of hydrogen-bond acceptors (Lipinski definition) is 3. The molecular formula is C17H25ClN2OS. The molecule has 2 aliphatic rings. The van der Waals surface area contributed by atoms with E-state index in [1.54, 1.807) is 11.8 Å². The number of halogens is 1. The van der Waals surface area contributed by atoms with Crippen LogP contribution in [-0.2, 0) is 17.6 Å². The predicted molar refractivity (Wildman–Crippen MR) is 94.8 cm³/mol. The Morgan fingerprint density at radius 1 is 1.36 bits per heavy atom. The third kappa shape index (κ3) is 3.79. The van der Waals surface area contributed by atoms with E-state index in [1.807, 2.05) is 4.90 Å². The van der Waals surface area contributed by atoms with Crippen LogP contribution in [0.4, 0.5) is 0 Å². The zero-order valence-electron chi connectivity index (χ0n) is 13.1. The molecule has 2 atom stereocenters. The number of thioether (sulfide) groups is 1. The van der Waals surface area contributed by atoms with Gasteiger partial charge in [-0.2, -0.15) is 0 Å². The summed E-state index contributed by atoms with van der Waals surface area (Å²) in [5.74, 6) is 1.28. The lowest BCUT2D eigenvalue weighted by Gasteiger charge is -2.21. The largest absolute Gasteiger partial charge is 0.339 e. The Balaban J connectivity index is 0.00000176. The van der Waals surface area contributed by atoms with E-state index in [0.29, 0.717) is 24.3 Å². The Labute approximate surface area is 143 Å². The average Bonchev–Trinajstić information content (AvgIpc) is 3.10. The molecule has 0 aromatic heterocycles. The first-order chi connectivity index (χ1) is 10.2. The maximum Gasteiger partial charge on any atom is 0.233 e. The van der Waals surface area contributed by atoms with Gasteiger partial charge in [-0.3, -0.25) is 4.79 Å². The minimum atomic E-state index is 0. The summed E-state index contributed by atoms with van der Waals surface area (Å²) in [5.41, 5.74) is 8.70. The summed E-state index contributed by atoms with van der Waals surface area (Å²) in [6.45, 7) is 3.65. The van der Waals surface area contributed by atoms with Crippen LogP contribution in [0.2, 0.25) is 0 Å². The Morgan fingerprint density at radius 3 is 2.86 bits per heavy atom. The summed E-state index contributed by atoms with van der Waals surface area (Å²) in [6.07, 6.45) is 4.73. The molecule has 0 bridgehead atoms. The normalized spacial score (nSPS) is 23.3. The zero-order valence-corrected chi connectivity index (χ0v) is 14.7. The standard InChI is InChI=1S/C17H24N2OS.ClH/c1-12-7-13(9-18)10-19(12)17(20)11-21-16-6-5-14-3-2-4-15(14)8-16;/h5-6,8,12-13H,2-4,7,9-11,18H2,1H3;1H. The van der Waals surface area contributed by atoms with Gasteiger partial charge in [-0.15, -0.1) is 24.2 Å². The monoisotopic (exact) mass is 340 g/mol. The van der Waals surface area contributed by atoms with E-state index in [0.717, 1.165) is 13.0 Å². The van der Waals surface area contributed by atoms with Crippen molar-refractivity contribution < 1.29 is 4.79 Å². The third-order valence-electron chi connectivity index (χ3n) is 4.75. The highest BCUT2D eigenvalue weighted by atomic mass is 35.5. The van der Waals surface area contributed by atoms with Crippen LogP contribution in [-0.4, -0.2) is 35.7 Å². The second kappa shape index (κ2) is 7.71. The lowest BCUT2D eigenvalue weighted by molar-refractivity contribution is -0.128. The molecular weight excluding hydrogens is 316 g/mol. The van der Waals surface area contributed by atoms with Crippen molar-refractivity contribution in [3.63, 3.8) is 0 Å². The first-order valence-electron chi connectivity index (χ1n) is 7.91. The number of carbonyl (C=O) groups is 1. The first kappa shape index (κ1) is 17.6. The molecule has 3 nitrogen and oxygen atoms in total. The van der Waals surface area contributed by atoms with Crippen molar-refractivity contribution in [2.45, 2.75) is 43.5 Å². The van der Waals surface area contributed by atoms with Gasteiger partial charge in [-0.1, -0.05) is 6.07 Å². The van der Waals surface area contributed by atoms with Crippen LogP contribution < -0.4 is 5.73 Å². The highest BCUT2D eigenvalue weighted by Crippen LogP contribution is 2.29. The molecule has 3 rings (SSSR count). The van der Waals surface area contributed by atoms with E-state index < -0.39 is 0 Å². The maximum atomic E-state index is 12.4. The molecule has 22 heavy (non-hydrogen) atoms. The van der Waals surface area contributed by atoms with Crippen molar-refractivity contribution in [1.29, 1.82) is 0 Å². The topological polar surface area (TPSA) is 46.3 Å². The summed E-state index contributed by atoms with van der Waals surface area (Å²) < 4.78 is 0. The summed E-state index contributed by atoms with van der Waals surface area (Å²) in [4.78, 5) is 15.6. The fourth-order valence-electron chi connectivity index (χ4n) is 3.53. The van der Waals surface area contributed by atoms with Gasteiger partial charge in [-0.25, -0.2) is 0 Å². The number of aryl methyl sites for hydroxylation is 2. The minimum Gasteiger partial charge on any atom is -0.339 e. The van der Waals surface area contributed by atoms with E-state index in [9.17, 15) is 4.79 Å². The summed E-state index contributed by atoms with van der Waals surface area (Å²) in [5, 5.41) is 0. The number of benzene rings is 1. The number of likely N-dealkylation sites (tertiary alicyclic amines) is 1. The van der Waals surface area contributed by atoms with Crippen molar-refractivity contribution in [2.24, 2.45) is 11.7 Å². The number of hydrogen-bond donors (Lipinski definition) is 1. The fraction of sp³-hybridized carbons (Fsp3) is 0.588. The SMILES string of the molecule is CC1CC(CN)CN1C(=O)CSc1ccc2c(c1)CCC2.Cl. The van der Waals surface area contributed by atoms with Crippen LogP contribution in [0, 0.1) is 5.92 Å². The molecule has 0 radical (unpaired) electrons. The molecule has 122 valence electrons. The molecule has 1 aromatic rings. The average molecular weight is 341 g/mol. The van der Waals surface area contributed by atoms with Gasteiger partial charge in [0.15, 0.2) is 0 Å². The van der Waals surface area contributed by atoms with E-state index in [2.05, 4.69) is 25.1 Å². The Kier molecular flexibility index (Phi) is 6.18. The van der Waals surface area contributed by atoms with Crippen molar-refractivity contribution in [1.82, 2.24) is 4.90 Å². The van der Waals surface area contributed by atoms with Crippen molar-refractivity contribution in [3.05, 3.63) is 29.3 Å². The highest BCUT2D eigenvalue weighted by molar-refractivity contribution is 8.00. The van der Waals surface area contributed by atoms with Gasteiger partial charge in [0, 0.05) is 17.5 Å². The zero-order chi connectivity index (χ0) is 14.8. The van der Waals surface area contributed by atoms with E-state index in [-0.39, 0.29) is 18.3 Å². The summed E-state index contributed by atoms with van der Waals surface area (Å²) in [6, 6.07) is 7.01. The second-order valence-corrected chi connectivity index (χ2v) is 7.35. The van der Waals surface area contributed by atoms with Crippen molar-refractivity contribution in [2.75, 3.05) is 18.8 Å². The van der Waals surface area contributed by atoms with Gasteiger partial charge in [-0.05, 0) is 68.3 Å². The first-order valence-corrected chi connectivity index (χ1v) is 8.90. The van der Waals surface area contributed by atoms with Crippen LogP contribution >= 0.6 is 24.2 Å². The molecule has 0 spiro atoms. The summed E-state index contributed by atoms with van der Waals surface area (Å²) >= 11 is 1.67. The molecule has 1 fully saturated rings. The lowest BCUT2D eigenvalue weighted by atomic mass is 10.1. The number of fused-ring (bicyclic) bond motifs is 1. The lowest BCUT2D eigenvalue weighted by Crippen LogP contribution is -2.35. The van der Waals surface area contributed by atoms with Crippen LogP contribution in [0.1, 0.15) is 30.9 Å². The highest BCUT2D eigenvalue weighted by Gasteiger charge is 2.31. The van der Waals surface area contributed by atoms with Crippen LogP contribution in [0.25, 0.3) is 0 Å². The molecule has 1 aromatic carbocycles. The van der Waals surface area contributed by atoms with Crippen molar-refractivity contribution in [3.8, 4) is 0 Å². The maximum absolute atomic E-state index is 12.4. The van der Waals surface area contributed by atoms with Crippen molar-refractivity contribution >= 4 is 30.1 Å². The van der Waals surface area contributed by atoms with E-state index in [1.165, 1.54) is 35.3 Å². The molecule has 1 saturated heterocycles. The fourth-order valence-corrected chi connectivity index (χ4v) is 4.37. The van der Waals surface area contributed by atoms with Crippen LogP contribution in [0.3, 0.4) is 0 Å². The molecule has 5 heteroatoms. The predicted octanol–water partition coefficient (Wildman–Crippen LogP) is 2.88. The van der Waals surface area contributed by atoms with E-state index in [4.69, 9.17) is 5.73 Å². The number of amides is 1. The van der Waals surface area contributed by atoms with Gasteiger partial charge >= 0.3 is 0 Å². The Morgan fingerprint density at radius 2 is 2.14 bits per heavy atom. The molecule has 2 unspecified atom stereocenters. The molecule has 1 amide bonds. The molecule has 2 N–H and O–H groups in total. The molecule has 1 heterocycles. The molecule has 1 aliphatic carbocycles.